The van der Waals surface area contributed by atoms with Crippen molar-refractivity contribution in [3.05, 3.63) is 114 Å². The van der Waals surface area contributed by atoms with E-state index in [9.17, 15) is 8.42 Å². The predicted molar refractivity (Wildman–Crippen MR) is 162 cm³/mol. The average molecular weight is 579 g/mol. The summed E-state index contributed by atoms with van der Waals surface area (Å²) in [7, 11) is -3.45. The number of amidine groups is 1. The number of hydrogen-bond acceptors (Lipinski definition) is 7. The maximum Gasteiger partial charge on any atom is 0.231 e. The minimum Gasteiger partial charge on any atom is -0.454 e. The third kappa shape index (κ3) is 5.33. The van der Waals surface area contributed by atoms with E-state index in [1.165, 1.54) is 0 Å². The molecule has 212 valence electrons. The number of piperidine rings is 1. The third-order valence-electron chi connectivity index (χ3n) is 8.02. The first-order chi connectivity index (χ1) is 20.5. The van der Waals surface area contributed by atoms with Crippen molar-refractivity contribution in [1.82, 2.24) is 9.29 Å². The maximum atomic E-state index is 13.3. The molecule has 3 aliphatic rings. The van der Waals surface area contributed by atoms with Crippen LogP contribution in [0.3, 0.4) is 0 Å². The summed E-state index contributed by atoms with van der Waals surface area (Å²) in [6.07, 6.45) is 3.08. The summed E-state index contributed by atoms with van der Waals surface area (Å²) in [5.74, 6) is 2.23. The Morgan fingerprint density at radius 1 is 0.810 bits per heavy atom. The third-order valence-corrected chi connectivity index (χ3v) is 9.87. The topological polar surface area (TPSA) is 93.5 Å². The molecule has 0 bridgehead atoms. The van der Waals surface area contributed by atoms with Gasteiger partial charge in [-0.15, -0.1) is 0 Å². The fraction of sp³-hybridized carbons (Fsp3) is 0.242. The molecular formula is C33H30N4O4S. The van der Waals surface area contributed by atoms with Gasteiger partial charge in [0.05, 0.1) is 17.2 Å². The highest BCUT2D eigenvalue weighted by atomic mass is 32.2. The molecule has 4 aromatic rings. The number of nitrogens with zero attached hydrogens (tertiary/aromatic N) is 4. The fourth-order valence-corrected chi connectivity index (χ4v) is 7.31. The minimum absolute atomic E-state index is 0.0121. The predicted octanol–water partition coefficient (Wildman–Crippen LogP) is 5.66. The van der Waals surface area contributed by atoms with Crippen molar-refractivity contribution in [1.29, 1.82) is 0 Å². The van der Waals surface area contributed by atoms with Crippen LogP contribution in [-0.4, -0.2) is 49.1 Å². The van der Waals surface area contributed by atoms with Crippen LogP contribution in [0, 0.1) is 5.92 Å². The molecule has 1 saturated heterocycles. The number of ether oxygens (including phenoxy) is 2. The normalized spacial score (nSPS) is 19.0. The van der Waals surface area contributed by atoms with Gasteiger partial charge in [0.2, 0.25) is 16.8 Å². The smallest absolute Gasteiger partial charge is 0.231 e. The quantitative estimate of drug-likeness (QED) is 0.282. The zero-order chi connectivity index (χ0) is 28.5. The van der Waals surface area contributed by atoms with Crippen molar-refractivity contribution < 1.29 is 17.9 Å². The first kappa shape index (κ1) is 26.6. The largest absolute Gasteiger partial charge is 0.454 e. The number of aliphatic imine (C=N–C) groups is 2. The molecule has 0 amide bonds. The molecule has 0 saturated carbocycles. The molecule has 8 nitrogen and oxygen atoms in total. The first-order valence-electron chi connectivity index (χ1n) is 14.1. The second kappa shape index (κ2) is 11.2. The lowest BCUT2D eigenvalue weighted by atomic mass is 9.97. The summed E-state index contributed by atoms with van der Waals surface area (Å²) in [6, 6.07) is 29.2. The molecular weight excluding hydrogens is 548 g/mol. The van der Waals surface area contributed by atoms with Gasteiger partial charge in [-0.05, 0) is 59.4 Å². The molecule has 0 N–H and O–H groups in total. The Labute approximate surface area is 245 Å². The van der Waals surface area contributed by atoms with Crippen LogP contribution in [0.2, 0.25) is 0 Å². The van der Waals surface area contributed by atoms with E-state index in [2.05, 4.69) is 4.98 Å². The summed E-state index contributed by atoms with van der Waals surface area (Å²) in [5, 5.41) is 0. The molecule has 0 radical (unpaired) electrons. The molecule has 9 heteroatoms. The van der Waals surface area contributed by atoms with Gasteiger partial charge in [0, 0.05) is 25.2 Å². The number of rotatable bonds is 7. The van der Waals surface area contributed by atoms with Crippen LogP contribution in [0.5, 0.6) is 11.5 Å². The van der Waals surface area contributed by atoms with E-state index < -0.39 is 10.0 Å². The SMILES string of the molecule is O=S(=O)(Cc1ccc(-c2ccccc2)cc1)N1CCC(C2=NC(c3ccc4c(c3)OCO4)C(c3ccccn3)=N2)CC1. The molecule has 7 rings (SSSR count). The summed E-state index contributed by atoms with van der Waals surface area (Å²) in [5.41, 5.74) is 5.48. The van der Waals surface area contributed by atoms with Crippen molar-refractivity contribution in [2.75, 3.05) is 19.9 Å². The van der Waals surface area contributed by atoms with Crippen molar-refractivity contribution in [2.24, 2.45) is 15.9 Å². The van der Waals surface area contributed by atoms with Gasteiger partial charge in [-0.2, -0.15) is 0 Å². The van der Waals surface area contributed by atoms with Gasteiger partial charge < -0.3 is 9.47 Å². The van der Waals surface area contributed by atoms with E-state index >= 15 is 0 Å². The van der Waals surface area contributed by atoms with Gasteiger partial charge in [0.15, 0.2) is 11.5 Å². The van der Waals surface area contributed by atoms with Gasteiger partial charge in [-0.3, -0.25) is 9.98 Å². The van der Waals surface area contributed by atoms with Crippen LogP contribution < -0.4 is 9.47 Å². The summed E-state index contributed by atoms with van der Waals surface area (Å²) < 4.78 is 39.4. The van der Waals surface area contributed by atoms with Crippen LogP contribution in [0.4, 0.5) is 0 Å². The van der Waals surface area contributed by atoms with E-state index in [0.717, 1.165) is 45.2 Å². The Kier molecular flexibility index (Phi) is 7.05. The maximum absolute atomic E-state index is 13.3. The van der Waals surface area contributed by atoms with Crippen molar-refractivity contribution in [3.63, 3.8) is 0 Å². The number of fused-ring (bicyclic) bond motifs is 1. The van der Waals surface area contributed by atoms with Gasteiger partial charge >= 0.3 is 0 Å². The minimum atomic E-state index is -3.45. The van der Waals surface area contributed by atoms with Crippen molar-refractivity contribution in [3.8, 4) is 22.6 Å². The Bertz CT molecular complexity index is 1750. The van der Waals surface area contributed by atoms with Gasteiger partial charge in [-0.1, -0.05) is 66.7 Å². The van der Waals surface area contributed by atoms with E-state index in [4.69, 9.17) is 19.5 Å². The lowest BCUT2D eigenvalue weighted by molar-refractivity contribution is 0.174. The Morgan fingerprint density at radius 2 is 1.55 bits per heavy atom. The van der Waals surface area contributed by atoms with Crippen molar-refractivity contribution >= 4 is 21.6 Å². The van der Waals surface area contributed by atoms with Gasteiger partial charge in [-0.25, -0.2) is 17.7 Å². The highest BCUT2D eigenvalue weighted by molar-refractivity contribution is 7.88. The zero-order valence-electron chi connectivity index (χ0n) is 23.0. The Hall–Kier alpha value is -4.34. The Balaban J connectivity index is 1.05. The van der Waals surface area contributed by atoms with Crippen LogP contribution in [0.15, 0.2) is 107 Å². The molecule has 0 aliphatic carbocycles. The second-order valence-corrected chi connectivity index (χ2v) is 12.7. The number of hydrogen-bond donors (Lipinski definition) is 0. The molecule has 3 aliphatic heterocycles. The molecule has 1 aromatic heterocycles. The highest BCUT2D eigenvalue weighted by Gasteiger charge is 2.35. The van der Waals surface area contributed by atoms with Crippen LogP contribution in [0.25, 0.3) is 11.1 Å². The number of sulfonamides is 1. The average Bonchev–Trinajstić information content (AvgIpc) is 3.70. The molecule has 4 heterocycles. The van der Waals surface area contributed by atoms with E-state index in [1.807, 2.05) is 91.0 Å². The second-order valence-electron chi connectivity index (χ2n) is 10.7. The van der Waals surface area contributed by atoms with Gasteiger partial charge in [0.25, 0.3) is 0 Å². The summed E-state index contributed by atoms with van der Waals surface area (Å²) in [4.78, 5) is 14.6. The molecule has 1 atom stereocenters. The van der Waals surface area contributed by atoms with Crippen LogP contribution in [-0.2, 0) is 15.8 Å². The number of aromatic nitrogens is 1. The standard InChI is InChI=1S/C33H30N4O4S/c38-42(39,21-23-9-11-25(12-10-23)24-6-2-1-3-7-24)37-18-15-26(16-19-37)33-35-31(32(36-33)28-8-4-5-17-34-28)27-13-14-29-30(20-27)41-22-40-29/h1-14,17,20,26,31H,15-16,18-19,21-22H2. The van der Waals surface area contributed by atoms with E-state index in [-0.39, 0.29) is 24.5 Å². The van der Waals surface area contributed by atoms with Crippen LogP contribution >= 0.6 is 0 Å². The van der Waals surface area contributed by atoms with Crippen molar-refractivity contribution in [2.45, 2.75) is 24.6 Å². The van der Waals surface area contributed by atoms with Gasteiger partial charge in [0.1, 0.15) is 11.9 Å². The molecule has 42 heavy (non-hydrogen) atoms. The highest BCUT2D eigenvalue weighted by Crippen LogP contribution is 2.38. The first-order valence-corrected chi connectivity index (χ1v) is 15.7. The lowest BCUT2D eigenvalue weighted by Crippen LogP contribution is -2.40. The molecule has 3 aromatic carbocycles. The monoisotopic (exact) mass is 578 g/mol. The Morgan fingerprint density at radius 3 is 2.31 bits per heavy atom. The molecule has 1 unspecified atom stereocenters. The van der Waals surface area contributed by atoms with E-state index in [1.54, 1.807) is 10.5 Å². The summed E-state index contributed by atoms with van der Waals surface area (Å²) >= 11 is 0. The zero-order valence-corrected chi connectivity index (χ0v) is 23.8. The molecule has 0 spiro atoms. The lowest BCUT2D eigenvalue weighted by Gasteiger charge is -2.30. The number of benzene rings is 3. The van der Waals surface area contributed by atoms with Crippen LogP contribution in [0.1, 0.15) is 35.7 Å². The molecule has 1 fully saturated rings. The number of pyridine rings is 1. The summed E-state index contributed by atoms with van der Waals surface area (Å²) in [6.45, 7) is 1.09. The van der Waals surface area contributed by atoms with E-state index in [0.29, 0.717) is 31.7 Å². The fourth-order valence-electron chi connectivity index (χ4n) is 5.75.